The smallest absolute Gasteiger partial charge is 0.308 e. The summed E-state index contributed by atoms with van der Waals surface area (Å²) in [5, 5.41) is 24.5. The molecule has 252 valence electrons. The van der Waals surface area contributed by atoms with Crippen molar-refractivity contribution in [2.24, 2.45) is 16.7 Å². The van der Waals surface area contributed by atoms with Crippen molar-refractivity contribution in [3.63, 3.8) is 0 Å². The topological polar surface area (TPSA) is 140 Å². The number of rotatable bonds is 7. The molecule has 0 spiro atoms. The summed E-state index contributed by atoms with van der Waals surface area (Å²) in [6, 6.07) is 9.42. The highest BCUT2D eigenvalue weighted by Gasteiger charge is 2.66. The Morgan fingerprint density at radius 2 is 1.65 bits per heavy atom. The fraction of sp³-hybridized carbons (Fsp3) is 0.611. The van der Waals surface area contributed by atoms with Crippen LogP contribution in [0, 0.1) is 16.7 Å². The number of ketones is 1. The zero-order valence-electron chi connectivity index (χ0n) is 28.3. The van der Waals surface area contributed by atoms with Gasteiger partial charge >= 0.3 is 17.9 Å². The molecule has 10 nitrogen and oxygen atoms in total. The second kappa shape index (κ2) is 13.0. The standard InChI is InChI=1S/C36H49NO9/c1-20-26(40)19-36(43)33(45-23(4)39)31-21(2)28(46-29(42)17-25(37(8)9)24-13-11-10-12-14-24)15-16-35(31,7)18-27(41)32(44-22(3)38)30(20)34(36,5)6/h10-14,25,27-28,31-33,41,43H,2,15-19H2,1,3-9H3/t25?,27-,28+,31+,32+,33+,35+,36-/m1/s1. The summed E-state index contributed by atoms with van der Waals surface area (Å²) in [5.41, 5.74) is -2.19. The van der Waals surface area contributed by atoms with E-state index in [-0.39, 0.29) is 36.5 Å². The van der Waals surface area contributed by atoms with E-state index >= 15 is 0 Å². The molecule has 3 aliphatic carbocycles. The van der Waals surface area contributed by atoms with Gasteiger partial charge in [0.15, 0.2) is 5.78 Å². The number of hydrogen-bond acceptors (Lipinski definition) is 10. The lowest BCUT2D eigenvalue weighted by molar-refractivity contribution is -0.205. The predicted octanol–water partition coefficient (Wildman–Crippen LogP) is 4.24. The third kappa shape index (κ3) is 6.44. The first kappa shape index (κ1) is 35.5. The monoisotopic (exact) mass is 639 g/mol. The van der Waals surface area contributed by atoms with Gasteiger partial charge in [0.1, 0.15) is 23.9 Å². The van der Waals surface area contributed by atoms with Crippen molar-refractivity contribution in [2.75, 3.05) is 14.1 Å². The third-order valence-corrected chi connectivity index (χ3v) is 10.7. The van der Waals surface area contributed by atoms with Crippen molar-refractivity contribution < 1.29 is 43.6 Å². The molecule has 1 aromatic rings. The summed E-state index contributed by atoms with van der Waals surface area (Å²) in [6.07, 6.45) is -4.00. The van der Waals surface area contributed by atoms with E-state index in [1.807, 2.05) is 56.3 Å². The second-order valence-corrected chi connectivity index (χ2v) is 14.3. The minimum atomic E-state index is -1.99. The van der Waals surface area contributed by atoms with Crippen LogP contribution in [-0.2, 0) is 33.4 Å². The lowest BCUT2D eigenvalue weighted by Gasteiger charge is -2.56. The van der Waals surface area contributed by atoms with Crippen LogP contribution in [0.1, 0.15) is 85.3 Å². The van der Waals surface area contributed by atoms with Crippen LogP contribution in [0.4, 0.5) is 0 Å². The van der Waals surface area contributed by atoms with Gasteiger partial charge in [0, 0.05) is 37.6 Å². The molecule has 46 heavy (non-hydrogen) atoms. The maximum absolute atomic E-state index is 13.6. The molecule has 0 amide bonds. The van der Waals surface area contributed by atoms with Crippen LogP contribution < -0.4 is 0 Å². The van der Waals surface area contributed by atoms with Gasteiger partial charge < -0.3 is 29.3 Å². The van der Waals surface area contributed by atoms with Gasteiger partial charge in [0.2, 0.25) is 0 Å². The van der Waals surface area contributed by atoms with E-state index in [2.05, 4.69) is 6.58 Å². The number of carbonyl (C=O) groups excluding carboxylic acids is 4. The van der Waals surface area contributed by atoms with Crippen LogP contribution in [-0.4, -0.2) is 82.9 Å². The summed E-state index contributed by atoms with van der Waals surface area (Å²) in [4.78, 5) is 54.0. The van der Waals surface area contributed by atoms with Crippen molar-refractivity contribution in [1.29, 1.82) is 0 Å². The van der Waals surface area contributed by atoms with E-state index in [9.17, 15) is 29.4 Å². The highest BCUT2D eigenvalue weighted by molar-refractivity contribution is 5.98. The SMILES string of the molecule is C=C1[C@@H](OC(=O)CC(c2ccccc2)N(C)C)CC[C@@]2(C)C[C@@H](O)[C@H](OC(C)=O)C3=C(C)C(=O)C[C@@](O)([C@@H](OC(C)=O)[C@H]12)C3(C)C. The summed E-state index contributed by atoms with van der Waals surface area (Å²) < 4.78 is 17.8. The summed E-state index contributed by atoms with van der Waals surface area (Å²) in [7, 11) is 3.79. The molecule has 8 atom stereocenters. The average Bonchev–Trinajstić information content (AvgIpc) is 2.95. The number of esters is 3. The maximum atomic E-state index is 13.6. The van der Waals surface area contributed by atoms with Crippen molar-refractivity contribution >= 4 is 23.7 Å². The number of nitrogens with zero attached hydrogens (tertiary/aromatic N) is 1. The molecule has 2 saturated carbocycles. The van der Waals surface area contributed by atoms with Gasteiger partial charge in [-0.2, -0.15) is 0 Å². The molecule has 1 unspecified atom stereocenters. The minimum absolute atomic E-state index is 0.0703. The molecule has 0 aliphatic heterocycles. The predicted molar refractivity (Wildman–Crippen MR) is 170 cm³/mol. The molecular weight excluding hydrogens is 590 g/mol. The Kier molecular flexibility index (Phi) is 10.1. The maximum Gasteiger partial charge on any atom is 0.308 e. The Hall–Kier alpha value is -3.34. The Bertz CT molecular complexity index is 1420. The lowest BCUT2D eigenvalue weighted by Crippen LogP contribution is -2.64. The molecule has 4 rings (SSSR count). The zero-order chi connectivity index (χ0) is 34.4. The van der Waals surface area contributed by atoms with E-state index in [1.54, 1.807) is 20.8 Å². The lowest BCUT2D eigenvalue weighted by atomic mass is 9.53. The minimum Gasteiger partial charge on any atom is -0.459 e. The molecule has 3 aliphatic rings. The second-order valence-electron chi connectivity index (χ2n) is 14.3. The Morgan fingerprint density at radius 1 is 1.04 bits per heavy atom. The summed E-state index contributed by atoms with van der Waals surface area (Å²) >= 11 is 0. The average molecular weight is 640 g/mol. The molecule has 2 bridgehead atoms. The van der Waals surface area contributed by atoms with Gasteiger partial charge in [-0.1, -0.05) is 57.7 Å². The summed E-state index contributed by atoms with van der Waals surface area (Å²) in [6.45, 7) is 13.7. The Morgan fingerprint density at radius 3 is 2.22 bits per heavy atom. The fourth-order valence-corrected chi connectivity index (χ4v) is 8.20. The number of carbonyl (C=O) groups is 4. The number of aliphatic hydroxyl groups excluding tert-OH is 1. The quantitative estimate of drug-likeness (QED) is 0.253. The molecule has 2 N–H and O–H groups in total. The number of hydrogen-bond donors (Lipinski definition) is 2. The van der Waals surface area contributed by atoms with E-state index in [4.69, 9.17) is 14.2 Å². The fourth-order valence-electron chi connectivity index (χ4n) is 8.20. The molecule has 0 aromatic heterocycles. The normalized spacial score (nSPS) is 33.2. The molecule has 0 radical (unpaired) electrons. The van der Waals surface area contributed by atoms with Crippen LogP contribution in [0.25, 0.3) is 0 Å². The summed E-state index contributed by atoms with van der Waals surface area (Å²) in [5.74, 6) is -3.00. The van der Waals surface area contributed by atoms with E-state index < -0.39 is 70.5 Å². The zero-order valence-corrected chi connectivity index (χ0v) is 28.3. The first-order valence-corrected chi connectivity index (χ1v) is 15.9. The molecule has 2 fully saturated rings. The Balaban J connectivity index is 1.79. The van der Waals surface area contributed by atoms with Crippen LogP contribution in [0.2, 0.25) is 0 Å². The van der Waals surface area contributed by atoms with Crippen molar-refractivity contribution in [3.8, 4) is 0 Å². The highest BCUT2D eigenvalue weighted by Crippen LogP contribution is 2.60. The van der Waals surface area contributed by atoms with Gasteiger partial charge in [0.25, 0.3) is 0 Å². The van der Waals surface area contributed by atoms with E-state index in [0.29, 0.717) is 18.4 Å². The highest BCUT2D eigenvalue weighted by atomic mass is 16.6. The van der Waals surface area contributed by atoms with E-state index in [1.165, 1.54) is 13.8 Å². The van der Waals surface area contributed by atoms with E-state index in [0.717, 1.165) is 5.56 Å². The first-order valence-electron chi connectivity index (χ1n) is 15.9. The van der Waals surface area contributed by atoms with Crippen molar-refractivity contribution in [1.82, 2.24) is 4.90 Å². The number of ether oxygens (including phenoxy) is 3. The van der Waals surface area contributed by atoms with Gasteiger partial charge in [-0.3, -0.25) is 19.2 Å². The van der Waals surface area contributed by atoms with Gasteiger partial charge in [0.05, 0.1) is 12.5 Å². The van der Waals surface area contributed by atoms with Crippen LogP contribution >= 0.6 is 0 Å². The molecule has 0 heterocycles. The largest absolute Gasteiger partial charge is 0.459 e. The molecular formula is C36H49NO9. The number of allylic oxidation sites excluding steroid dienone is 1. The van der Waals surface area contributed by atoms with Gasteiger partial charge in [-0.25, -0.2) is 0 Å². The third-order valence-electron chi connectivity index (χ3n) is 10.7. The number of fused-ring (bicyclic) bond motifs is 3. The van der Waals surface area contributed by atoms with Crippen LogP contribution in [0.3, 0.4) is 0 Å². The first-order chi connectivity index (χ1) is 21.3. The van der Waals surface area contributed by atoms with Gasteiger partial charge in [-0.05, 0) is 68.0 Å². The molecule has 1 aromatic carbocycles. The van der Waals surface area contributed by atoms with Crippen molar-refractivity contribution in [3.05, 3.63) is 59.2 Å². The number of Topliss-reactive ketones (excluding diaryl/α,β-unsaturated/α-hetero) is 1. The molecule has 0 saturated heterocycles. The Labute approximate surface area is 271 Å². The van der Waals surface area contributed by atoms with Gasteiger partial charge in [-0.15, -0.1) is 0 Å². The van der Waals surface area contributed by atoms with Crippen LogP contribution in [0.15, 0.2) is 53.6 Å². The number of benzene rings is 1. The van der Waals surface area contributed by atoms with Crippen LogP contribution in [0.5, 0.6) is 0 Å². The van der Waals surface area contributed by atoms with Crippen molar-refractivity contribution in [2.45, 2.75) is 110 Å². The molecule has 10 heteroatoms. The number of aliphatic hydroxyl groups is 2.